The van der Waals surface area contributed by atoms with E-state index in [1.807, 2.05) is 0 Å². The van der Waals surface area contributed by atoms with Gasteiger partial charge in [-0.2, -0.15) is 0 Å². The van der Waals surface area contributed by atoms with Crippen LogP contribution in [0.15, 0.2) is 17.2 Å². The lowest BCUT2D eigenvalue weighted by Gasteiger charge is -2.11. The minimum absolute atomic E-state index is 0.233. The summed E-state index contributed by atoms with van der Waals surface area (Å²) in [6.45, 7) is 1.69. The summed E-state index contributed by atoms with van der Waals surface area (Å²) in [4.78, 5) is 15.0. The molecule has 1 aliphatic rings. The van der Waals surface area contributed by atoms with Gasteiger partial charge in [-0.05, 0) is 19.4 Å². The van der Waals surface area contributed by atoms with Crippen molar-refractivity contribution in [2.24, 2.45) is 0 Å². The van der Waals surface area contributed by atoms with E-state index in [9.17, 15) is 4.79 Å². The van der Waals surface area contributed by atoms with E-state index >= 15 is 0 Å². The normalized spacial score (nSPS) is 21.4. The standard InChI is InChI=1S/C9H12ClN3O/c10-7-4-12-9(14)13(5-7)6-8-2-1-3-11-8/h4-5,8,11H,1-3,6H2. The number of aromatic nitrogens is 2. The van der Waals surface area contributed by atoms with E-state index < -0.39 is 0 Å². The van der Waals surface area contributed by atoms with Crippen molar-refractivity contribution in [2.45, 2.75) is 25.4 Å². The second-order valence-corrected chi connectivity index (χ2v) is 3.94. The molecule has 4 nitrogen and oxygen atoms in total. The quantitative estimate of drug-likeness (QED) is 0.785. The van der Waals surface area contributed by atoms with Crippen molar-refractivity contribution in [1.82, 2.24) is 14.9 Å². The van der Waals surface area contributed by atoms with Gasteiger partial charge in [0.25, 0.3) is 0 Å². The Bertz CT molecular complexity index is 371. The maximum Gasteiger partial charge on any atom is 0.347 e. The molecule has 1 aromatic rings. The number of nitrogens with one attached hydrogen (secondary N) is 1. The first kappa shape index (κ1) is 9.68. The first-order valence-electron chi connectivity index (χ1n) is 4.71. The summed E-state index contributed by atoms with van der Waals surface area (Å²) in [5, 5.41) is 3.82. The van der Waals surface area contributed by atoms with Gasteiger partial charge in [-0.15, -0.1) is 0 Å². The van der Waals surface area contributed by atoms with Crippen LogP contribution in [0.25, 0.3) is 0 Å². The van der Waals surface area contributed by atoms with E-state index in [1.165, 1.54) is 12.6 Å². The first-order chi connectivity index (χ1) is 6.75. The minimum Gasteiger partial charge on any atom is -0.312 e. The molecule has 0 aromatic carbocycles. The average molecular weight is 214 g/mol. The van der Waals surface area contributed by atoms with Gasteiger partial charge in [-0.1, -0.05) is 11.6 Å². The SMILES string of the molecule is O=c1ncc(Cl)cn1CC1CCCN1. The molecule has 2 heterocycles. The number of nitrogens with zero attached hydrogens (tertiary/aromatic N) is 2. The summed E-state index contributed by atoms with van der Waals surface area (Å²) in [7, 11) is 0. The summed E-state index contributed by atoms with van der Waals surface area (Å²) in [6, 6.07) is 0.382. The van der Waals surface area contributed by atoms with Crippen molar-refractivity contribution in [1.29, 1.82) is 0 Å². The van der Waals surface area contributed by atoms with Crippen LogP contribution in [0.5, 0.6) is 0 Å². The Morgan fingerprint density at radius 3 is 3.29 bits per heavy atom. The van der Waals surface area contributed by atoms with Gasteiger partial charge >= 0.3 is 5.69 Å². The highest BCUT2D eigenvalue weighted by Gasteiger charge is 2.14. The molecule has 1 saturated heterocycles. The molecule has 0 amide bonds. The summed E-state index contributed by atoms with van der Waals surface area (Å²) >= 11 is 5.76. The van der Waals surface area contributed by atoms with Gasteiger partial charge in [0.15, 0.2) is 0 Å². The largest absolute Gasteiger partial charge is 0.347 e. The van der Waals surface area contributed by atoms with Crippen molar-refractivity contribution in [3.8, 4) is 0 Å². The molecular weight excluding hydrogens is 202 g/mol. The van der Waals surface area contributed by atoms with E-state index in [1.54, 1.807) is 10.8 Å². The van der Waals surface area contributed by atoms with Crippen molar-refractivity contribution in [3.05, 3.63) is 27.9 Å². The van der Waals surface area contributed by atoms with E-state index in [0.717, 1.165) is 13.0 Å². The zero-order valence-corrected chi connectivity index (χ0v) is 8.50. The molecule has 76 valence electrons. The van der Waals surface area contributed by atoms with Crippen LogP contribution in [-0.4, -0.2) is 22.1 Å². The summed E-state index contributed by atoms with van der Waals surface area (Å²) in [5.41, 5.74) is -0.233. The molecule has 1 aromatic heterocycles. The van der Waals surface area contributed by atoms with E-state index in [0.29, 0.717) is 17.6 Å². The lowest BCUT2D eigenvalue weighted by molar-refractivity contribution is 0.493. The van der Waals surface area contributed by atoms with Gasteiger partial charge in [0, 0.05) is 18.8 Å². The highest BCUT2D eigenvalue weighted by Crippen LogP contribution is 2.08. The highest BCUT2D eigenvalue weighted by atomic mass is 35.5. The number of halogens is 1. The monoisotopic (exact) mass is 213 g/mol. The summed E-state index contributed by atoms with van der Waals surface area (Å²) < 4.78 is 1.56. The predicted octanol–water partition coefficient (Wildman–Crippen LogP) is 0.649. The third-order valence-corrected chi connectivity index (χ3v) is 2.60. The number of hydrogen-bond acceptors (Lipinski definition) is 3. The van der Waals surface area contributed by atoms with Crippen molar-refractivity contribution < 1.29 is 0 Å². The molecule has 5 heteroatoms. The van der Waals surface area contributed by atoms with Crippen molar-refractivity contribution in [3.63, 3.8) is 0 Å². The average Bonchev–Trinajstić information content (AvgIpc) is 2.64. The molecule has 0 aliphatic carbocycles. The van der Waals surface area contributed by atoms with Gasteiger partial charge in [-0.3, -0.25) is 4.57 Å². The zero-order valence-electron chi connectivity index (χ0n) is 7.74. The Kier molecular flexibility index (Phi) is 2.84. The molecule has 1 N–H and O–H groups in total. The Hall–Kier alpha value is -0.870. The highest BCUT2D eigenvalue weighted by molar-refractivity contribution is 6.30. The van der Waals surface area contributed by atoms with E-state index in [-0.39, 0.29) is 5.69 Å². The van der Waals surface area contributed by atoms with Crippen LogP contribution in [0.1, 0.15) is 12.8 Å². The lowest BCUT2D eigenvalue weighted by atomic mass is 10.2. The first-order valence-corrected chi connectivity index (χ1v) is 5.09. The van der Waals surface area contributed by atoms with Gasteiger partial charge in [0.1, 0.15) is 0 Å². The fraction of sp³-hybridized carbons (Fsp3) is 0.556. The fourth-order valence-corrected chi connectivity index (χ4v) is 1.88. The Morgan fingerprint density at radius 2 is 2.57 bits per heavy atom. The number of hydrogen-bond donors (Lipinski definition) is 1. The van der Waals surface area contributed by atoms with Crippen LogP contribution in [0.3, 0.4) is 0 Å². The molecule has 0 bridgehead atoms. The fourth-order valence-electron chi connectivity index (χ4n) is 1.71. The van der Waals surface area contributed by atoms with Crippen LogP contribution in [-0.2, 0) is 6.54 Å². The third-order valence-electron chi connectivity index (χ3n) is 2.40. The van der Waals surface area contributed by atoms with Crippen LogP contribution in [0.4, 0.5) is 0 Å². The molecule has 2 rings (SSSR count). The predicted molar refractivity (Wildman–Crippen MR) is 54.5 cm³/mol. The van der Waals surface area contributed by atoms with Crippen LogP contribution in [0, 0.1) is 0 Å². The summed E-state index contributed by atoms with van der Waals surface area (Å²) in [6.07, 6.45) is 5.30. The Morgan fingerprint density at radius 1 is 1.71 bits per heavy atom. The molecule has 1 unspecified atom stereocenters. The molecular formula is C9H12ClN3O. The third kappa shape index (κ3) is 2.13. The lowest BCUT2D eigenvalue weighted by Crippen LogP contribution is -2.32. The van der Waals surface area contributed by atoms with Crippen molar-refractivity contribution >= 4 is 11.6 Å². The topological polar surface area (TPSA) is 46.9 Å². The smallest absolute Gasteiger partial charge is 0.312 e. The molecule has 0 radical (unpaired) electrons. The maximum absolute atomic E-state index is 11.3. The van der Waals surface area contributed by atoms with E-state index in [2.05, 4.69) is 10.3 Å². The Labute approximate surface area is 86.9 Å². The van der Waals surface area contributed by atoms with Gasteiger partial charge in [-0.25, -0.2) is 9.78 Å². The second kappa shape index (κ2) is 4.11. The minimum atomic E-state index is -0.233. The van der Waals surface area contributed by atoms with Crippen molar-refractivity contribution in [2.75, 3.05) is 6.54 Å². The summed E-state index contributed by atoms with van der Waals surface area (Å²) in [5.74, 6) is 0. The molecule has 1 aliphatic heterocycles. The molecule has 0 saturated carbocycles. The molecule has 1 fully saturated rings. The molecule has 1 atom stereocenters. The maximum atomic E-state index is 11.3. The number of rotatable bonds is 2. The Balaban J connectivity index is 2.15. The van der Waals surface area contributed by atoms with Crippen LogP contribution < -0.4 is 11.0 Å². The van der Waals surface area contributed by atoms with Gasteiger partial charge in [0.05, 0.1) is 11.2 Å². The van der Waals surface area contributed by atoms with Gasteiger partial charge < -0.3 is 5.32 Å². The van der Waals surface area contributed by atoms with Crippen LogP contribution >= 0.6 is 11.6 Å². The zero-order chi connectivity index (χ0) is 9.97. The molecule has 14 heavy (non-hydrogen) atoms. The van der Waals surface area contributed by atoms with E-state index in [4.69, 9.17) is 11.6 Å². The second-order valence-electron chi connectivity index (χ2n) is 3.50. The van der Waals surface area contributed by atoms with Gasteiger partial charge in [0.2, 0.25) is 0 Å². The van der Waals surface area contributed by atoms with Crippen LogP contribution in [0.2, 0.25) is 5.02 Å². The molecule has 0 spiro atoms.